The summed E-state index contributed by atoms with van der Waals surface area (Å²) in [5, 5.41) is 9.13. The van der Waals surface area contributed by atoms with Gasteiger partial charge in [-0.2, -0.15) is 5.26 Å². The van der Waals surface area contributed by atoms with Crippen LogP contribution in [-0.4, -0.2) is 13.3 Å². The fourth-order valence-corrected chi connectivity index (χ4v) is 3.09. The summed E-state index contributed by atoms with van der Waals surface area (Å²) in [4.78, 5) is 1.70. The molecule has 6 heteroatoms. The molecule has 0 saturated carbocycles. The molecule has 0 bridgehead atoms. The molecule has 0 saturated heterocycles. The van der Waals surface area contributed by atoms with Crippen LogP contribution in [0.15, 0.2) is 42.5 Å². The van der Waals surface area contributed by atoms with Gasteiger partial charge in [0.2, 0.25) is 10.9 Å². The summed E-state index contributed by atoms with van der Waals surface area (Å²) >= 11 is 0. The maximum atomic E-state index is 10.7. The van der Waals surface area contributed by atoms with Crippen LogP contribution in [0.2, 0.25) is 0 Å². The van der Waals surface area contributed by atoms with Crippen molar-refractivity contribution in [1.29, 1.82) is 5.26 Å². The van der Waals surface area contributed by atoms with Crippen LogP contribution in [0.5, 0.6) is 0 Å². The number of rotatable bonds is 4. The van der Waals surface area contributed by atoms with Crippen LogP contribution in [0.4, 0.5) is 0 Å². The SMILES string of the molecule is N#CN1Cc2cc(CN[SH](=O)=O)cc(-c3ccccc3)c2C1. The van der Waals surface area contributed by atoms with E-state index in [1.54, 1.807) is 4.90 Å². The highest BCUT2D eigenvalue weighted by atomic mass is 32.2. The van der Waals surface area contributed by atoms with Gasteiger partial charge >= 0.3 is 0 Å². The molecule has 0 aliphatic carbocycles. The standard InChI is InChI=1S/C16H15N3O2S/c17-11-19-9-14-6-12(8-18-22(20)21)7-15(16(14)10-19)13-4-2-1-3-5-13/h1-7,22H,8-10H2,(H,18,20,21). The number of fused-ring (bicyclic) bond motifs is 1. The molecule has 1 aliphatic heterocycles. The summed E-state index contributed by atoms with van der Waals surface area (Å²) in [6.45, 7) is 1.43. The summed E-state index contributed by atoms with van der Waals surface area (Å²) in [5.41, 5.74) is 5.26. The Hall–Kier alpha value is -2.36. The van der Waals surface area contributed by atoms with E-state index in [9.17, 15) is 8.42 Å². The Bertz CT molecular complexity index is 802. The molecule has 0 spiro atoms. The zero-order chi connectivity index (χ0) is 15.5. The van der Waals surface area contributed by atoms with Gasteiger partial charge in [-0.05, 0) is 33.9 Å². The predicted molar refractivity (Wildman–Crippen MR) is 83.9 cm³/mol. The lowest BCUT2D eigenvalue weighted by atomic mass is 9.94. The van der Waals surface area contributed by atoms with Gasteiger partial charge in [0, 0.05) is 6.54 Å². The first-order valence-corrected chi connectivity index (χ1v) is 8.08. The number of nitrogens with one attached hydrogen (secondary N) is 1. The first-order valence-electron chi connectivity index (χ1n) is 6.90. The van der Waals surface area contributed by atoms with Gasteiger partial charge in [0.1, 0.15) is 0 Å². The van der Waals surface area contributed by atoms with Crippen LogP contribution in [0.1, 0.15) is 16.7 Å². The lowest BCUT2D eigenvalue weighted by molar-refractivity contribution is 0.417. The molecule has 1 N–H and O–H groups in total. The number of nitrogens with zero attached hydrogens (tertiary/aromatic N) is 2. The second-order valence-electron chi connectivity index (χ2n) is 5.20. The van der Waals surface area contributed by atoms with Crippen molar-refractivity contribution in [2.24, 2.45) is 0 Å². The average Bonchev–Trinajstić information content (AvgIpc) is 2.96. The lowest BCUT2D eigenvalue weighted by Crippen LogP contribution is -2.10. The van der Waals surface area contributed by atoms with Gasteiger partial charge < -0.3 is 4.90 Å². The molecule has 2 aromatic rings. The zero-order valence-corrected chi connectivity index (χ0v) is 12.7. The van der Waals surface area contributed by atoms with Crippen molar-refractivity contribution >= 4 is 10.9 Å². The van der Waals surface area contributed by atoms with Crippen molar-refractivity contribution in [2.45, 2.75) is 19.6 Å². The third-order valence-corrected chi connectivity index (χ3v) is 4.17. The van der Waals surface area contributed by atoms with Gasteiger partial charge in [0.25, 0.3) is 0 Å². The maximum absolute atomic E-state index is 10.7. The largest absolute Gasteiger partial charge is 0.302 e. The van der Waals surface area contributed by atoms with Gasteiger partial charge in [0.05, 0.1) is 13.1 Å². The maximum Gasteiger partial charge on any atom is 0.201 e. The fourth-order valence-electron chi connectivity index (χ4n) is 2.78. The molecular weight excluding hydrogens is 298 g/mol. The Morgan fingerprint density at radius 3 is 2.64 bits per heavy atom. The molecule has 22 heavy (non-hydrogen) atoms. The highest BCUT2D eigenvalue weighted by molar-refractivity contribution is 7.70. The molecule has 0 amide bonds. The number of hydrogen-bond donors (Lipinski definition) is 2. The van der Waals surface area contributed by atoms with E-state index < -0.39 is 10.9 Å². The summed E-state index contributed by atoms with van der Waals surface area (Å²) in [6.07, 6.45) is 2.18. The highest BCUT2D eigenvalue weighted by Gasteiger charge is 2.22. The second kappa shape index (κ2) is 6.18. The van der Waals surface area contributed by atoms with Crippen molar-refractivity contribution in [1.82, 2.24) is 9.62 Å². The van der Waals surface area contributed by atoms with E-state index in [1.165, 1.54) is 0 Å². The first kappa shape index (κ1) is 14.6. The molecule has 0 radical (unpaired) electrons. The van der Waals surface area contributed by atoms with Gasteiger partial charge in [-0.3, -0.25) is 0 Å². The zero-order valence-electron chi connectivity index (χ0n) is 11.8. The smallest absolute Gasteiger partial charge is 0.201 e. The topological polar surface area (TPSA) is 73.2 Å². The molecule has 1 aliphatic rings. The molecule has 0 aromatic heterocycles. The van der Waals surface area contributed by atoms with Gasteiger partial charge in [0.15, 0.2) is 6.19 Å². The van der Waals surface area contributed by atoms with Crippen molar-refractivity contribution in [3.8, 4) is 17.3 Å². The van der Waals surface area contributed by atoms with Gasteiger partial charge in [-0.1, -0.05) is 36.4 Å². The van der Waals surface area contributed by atoms with Gasteiger partial charge in [-0.25, -0.2) is 13.1 Å². The fraction of sp³-hybridized carbons (Fsp3) is 0.188. The Morgan fingerprint density at radius 1 is 1.18 bits per heavy atom. The summed E-state index contributed by atoms with van der Waals surface area (Å²) in [6, 6.07) is 13.9. The molecule has 5 nitrogen and oxygen atoms in total. The molecule has 2 aromatic carbocycles. The molecule has 0 fully saturated rings. The number of hydrogen-bond acceptors (Lipinski definition) is 4. The Balaban J connectivity index is 2.06. The minimum absolute atomic E-state index is 0.262. The minimum Gasteiger partial charge on any atom is -0.302 e. The second-order valence-corrected chi connectivity index (χ2v) is 6.03. The number of thiol groups is 1. The van der Waals surface area contributed by atoms with Crippen molar-refractivity contribution in [2.75, 3.05) is 0 Å². The van der Waals surface area contributed by atoms with Crippen LogP contribution in [0, 0.1) is 11.5 Å². The molecule has 3 rings (SSSR count). The van der Waals surface area contributed by atoms with E-state index in [2.05, 4.69) is 10.9 Å². The van der Waals surface area contributed by atoms with E-state index in [4.69, 9.17) is 5.26 Å². The van der Waals surface area contributed by atoms with Crippen LogP contribution >= 0.6 is 0 Å². The van der Waals surface area contributed by atoms with E-state index in [1.807, 2.05) is 42.5 Å². The van der Waals surface area contributed by atoms with E-state index in [0.29, 0.717) is 13.1 Å². The average molecular weight is 313 g/mol. The van der Waals surface area contributed by atoms with Crippen LogP contribution in [0.25, 0.3) is 11.1 Å². The predicted octanol–water partition coefficient (Wildman–Crippen LogP) is 1.77. The van der Waals surface area contributed by atoms with E-state index >= 15 is 0 Å². The third-order valence-electron chi connectivity index (χ3n) is 3.75. The molecule has 112 valence electrons. The normalized spacial score (nSPS) is 13.2. The quantitative estimate of drug-likeness (QED) is 0.666. The van der Waals surface area contributed by atoms with Crippen molar-refractivity contribution < 1.29 is 8.42 Å². The van der Waals surface area contributed by atoms with Crippen LogP contribution in [0.3, 0.4) is 0 Å². The molecule has 1 heterocycles. The lowest BCUT2D eigenvalue weighted by Gasteiger charge is -2.11. The van der Waals surface area contributed by atoms with Crippen molar-refractivity contribution in [3.05, 3.63) is 59.2 Å². The van der Waals surface area contributed by atoms with Crippen molar-refractivity contribution in [3.63, 3.8) is 0 Å². The molecule has 0 atom stereocenters. The van der Waals surface area contributed by atoms with Gasteiger partial charge in [-0.15, -0.1) is 0 Å². The monoisotopic (exact) mass is 313 g/mol. The van der Waals surface area contributed by atoms with Crippen LogP contribution < -0.4 is 4.72 Å². The summed E-state index contributed by atoms with van der Waals surface area (Å²) in [5.74, 6) is 0. The Labute approximate surface area is 130 Å². The minimum atomic E-state index is -2.62. The molecule has 0 unspecified atom stereocenters. The van der Waals surface area contributed by atoms with Crippen LogP contribution in [-0.2, 0) is 30.5 Å². The molecular formula is C16H15N3O2S. The number of nitriles is 1. The summed E-state index contributed by atoms with van der Waals surface area (Å²) < 4.78 is 23.9. The summed E-state index contributed by atoms with van der Waals surface area (Å²) in [7, 11) is -2.62. The third kappa shape index (κ3) is 2.96. The first-order chi connectivity index (χ1) is 10.7. The van der Waals surface area contributed by atoms with E-state index in [0.717, 1.165) is 27.8 Å². The number of benzene rings is 2. The Morgan fingerprint density at radius 2 is 1.95 bits per heavy atom. The van der Waals surface area contributed by atoms with E-state index in [-0.39, 0.29) is 6.54 Å². The Kier molecular flexibility index (Phi) is 4.09. The highest BCUT2D eigenvalue weighted by Crippen LogP contribution is 2.33.